The smallest absolute Gasteiger partial charge is 0.272 e. The number of aromatic nitrogens is 3. The second kappa shape index (κ2) is 8.77. The highest BCUT2D eigenvalue weighted by atomic mass is 32.1. The SMILES string of the molecule is O=C(CCc1ccccc1)[C@H]1CCCN1c1nc2ncnc(OCC(F)F)c2s1. The maximum Gasteiger partial charge on any atom is 0.272 e. The minimum absolute atomic E-state index is 0.102. The molecule has 1 saturated heterocycles. The fourth-order valence-corrected chi connectivity index (χ4v) is 4.54. The van der Waals surface area contributed by atoms with E-state index >= 15 is 0 Å². The van der Waals surface area contributed by atoms with Crippen molar-refractivity contribution in [3.63, 3.8) is 0 Å². The lowest BCUT2D eigenvalue weighted by Crippen LogP contribution is -2.36. The van der Waals surface area contributed by atoms with Crippen molar-refractivity contribution < 1.29 is 18.3 Å². The van der Waals surface area contributed by atoms with Crippen LogP contribution in [0.2, 0.25) is 0 Å². The number of halogens is 2. The van der Waals surface area contributed by atoms with Gasteiger partial charge in [-0.05, 0) is 24.8 Å². The van der Waals surface area contributed by atoms with E-state index in [1.54, 1.807) is 0 Å². The number of carbonyl (C=O) groups is 1. The molecular weight excluding hydrogens is 398 g/mol. The van der Waals surface area contributed by atoms with Crippen LogP contribution in [0.1, 0.15) is 24.8 Å². The van der Waals surface area contributed by atoms with Crippen molar-refractivity contribution >= 4 is 32.6 Å². The molecule has 4 rings (SSSR count). The second-order valence-electron chi connectivity index (χ2n) is 6.83. The summed E-state index contributed by atoms with van der Waals surface area (Å²) in [5.41, 5.74) is 1.54. The summed E-state index contributed by atoms with van der Waals surface area (Å²) in [6, 6.07) is 9.71. The minimum Gasteiger partial charge on any atom is -0.470 e. The number of nitrogens with zero attached hydrogens (tertiary/aromatic N) is 4. The van der Waals surface area contributed by atoms with Gasteiger partial charge in [-0.2, -0.15) is 4.98 Å². The van der Waals surface area contributed by atoms with Crippen LogP contribution in [0.5, 0.6) is 5.88 Å². The standard InChI is InChI=1S/C20H20F2N4O2S/c21-16(22)11-28-19-17-18(23-12-24-19)25-20(29-17)26-10-4-7-14(26)15(27)9-8-13-5-2-1-3-6-13/h1-3,5-6,12,14,16H,4,7-11H2/t14-/m1/s1. The quantitative estimate of drug-likeness (QED) is 0.553. The first-order valence-corrected chi connectivity index (χ1v) is 10.3. The Morgan fingerprint density at radius 3 is 2.90 bits per heavy atom. The van der Waals surface area contributed by atoms with E-state index < -0.39 is 13.0 Å². The monoisotopic (exact) mass is 418 g/mol. The van der Waals surface area contributed by atoms with E-state index in [4.69, 9.17) is 4.74 Å². The summed E-state index contributed by atoms with van der Waals surface area (Å²) >= 11 is 1.28. The average Bonchev–Trinajstić information content (AvgIpc) is 3.38. The fraction of sp³-hybridized carbons (Fsp3) is 0.400. The summed E-state index contributed by atoms with van der Waals surface area (Å²) in [7, 11) is 0. The summed E-state index contributed by atoms with van der Waals surface area (Å²) in [5, 5.41) is 0.651. The summed E-state index contributed by atoms with van der Waals surface area (Å²) in [6.07, 6.45) is 1.53. The number of benzene rings is 1. The van der Waals surface area contributed by atoms with Crippen molar-refractivity contribution in [3.8, 4) is 5.88 Å². The third-order valence-corrected chi connectivity index (χ3v) is 5.94. The zero-order chi connectivity index (χ0) is 20.2. The van der Waals surface area contributed by atoms with Crippen LogP contribution in [0.3, 0.4) is 0 Å². The molecule has 0 bridgehead atoms. The van der Waals surface area contributed by atoms with Gasteiger partial charge in [-0.25, -0.2) is 18.7 Å². The van der Waals surface area contributed by atoms with Crippen molar-refractivity contribution in [2.24, 2.45) is 0 Å². The second-order valence-corrected chi connectivity index (χ2v) is 7.81. The van der Waals surface area contributed by atoms with E-state index in [0.717, 1.165) is 24.9 Å². The zero-order valence-electron chi connectivity index (χ0n) is 15.6. The number of ether oxygens (including phenoxy) is 1. The van der Waals surface area contributed by atoms with Crippen LogP contribution in [0.15, 0.2) is 36.7 Å². The van der Waals surface area contributed by atoms with Crippen molar-refractivity contribution in [1.82, 2.24) is 15.0 Å². The number of rotatable bonds is 8. The molecule has 1 atom stereocenters. The van der Waals surface area contributed by atoms with Gasteiger partial charge in [0.25, 0.3) is 6.43 Å². The van der Waals surface area contributed by atoms with Gasteiger partial charge < -0.3 is 9.64 Å². The lowest BCUT2D eigenvalue weighted by atomic mass is 10.0. The van der Waals surface area contributed by atoms with Crippen LogP contribution in [-0.2, 0) is 11.2 Å². The Labute approximate surface area is 170 Å². The Balaban J connectivity index is 1.50. The third kappa shape index (κ3) is 4.50. The molecule has 0 aliphatic carbocycles. The Kier molecular flexibility index (Phi) is 5.94. The van der Waals surface area contributed by atoms with Gasteiger partial charge in [0, 0.05) is 13.0 Å². The Morgan fingerprint density at radius 1 is 1.28 bits per heavy atom. The third-order valence-electron chi connectivity index (χ3n) is 4.87. The van der Waals surface area contributed by atoms with Crippen molar-refractivity contribution in [3.05, 3.63) is 42.2 Å². The first-order chi connectivity index (χ1) is 14.1. The number of Topliss-reactive ketones (excluding diaryl/α,β-unsaturated/α-hetero) is 1. The number of alkyl halides is 2. The van der Waals surface area contributed by atoms with Crippen LogP contribution in [0, 0.1) is 0 Å². The molecule has 2 aromatic heterocycles. The first kappa shape index (κ1) is 19.6. The van der Waals surface area contributed by atoms with Gasteiger partial charge in [0.15, 0.2) is 23.2 Å². The highest BCUT2D eigenvalue weighted by Gasteiger charge is 2.32. The van der Waals surface area contributed by atoms with Crippen LogP contribution < -0.4 is 9.64 Å². The molecule has 9 heteroatoms. The fourth-order valence-electron chi connectivity index (χ4n) is 3.50. The average molecular weight is 418 g/mol. The normalized spacial score (nSPS) is 16.7. The molecule has 1 aliphatic heterocycles. The number of anilines is 1. The molecule has 0 radical (unpaired) electrons. The molecular formula is C20H20F2N4O2S. The van der Waals surface area contributed by atoms with E-state index in [1.165, 1.54) is 17.7 Å². The van der Waals surface area contributed by atoms with E-state index in [0.29, 0.717) is 28.3 Å². The number of hydrogen-bond donors (Lipinski definition) is 0. The van der Waals surface area contributed by atoms with E-state index in [9.17, 15) is 13.6 Å². The maximum atomic E-state index is 12.9. The van der Waals surface area contributed by atoms with Crippen LogP contribution >= 0.6 is 11.3 Å². The highest BCUT2D eigenvalue weighted by Crippen LogP contribution is 2.36. The molecule has 0 amide bonds. The van der Waals surface area contributed by atoms with Crippen molar-refractivity contribution in [2.75, 3.05) is 18.1 Å². The molecule has 3 aromatic rings. The topological polar surface area (TPSA) is 68.2 Å². The number of thiazole rings is 1. The predicted octanol–water partition coefficient (Wildman–Crippen LogP) is 3.90. The molecule has 0 unspecified atom stereocenters. The molecule has 29 heavy (non-hydrogen) atoms. The van der Waals surface area contributed by atoms with Gasteiger partial charge in [0.1, 0.15) is 11.0 Å². The molecule has 0 N–H and O–H groups in total. The summed E-state index contributed by atoms with van der Waals surface area (Å²) < 4.78 is 30.6. The molecule has 6 nitrogen and oxygen atoms in total. The number of fused-ring (bicyclic) bond motifs is 1. The van der Waals surface area contributed by atoms with E-state index in [2.05, 4.69) is 15.0 Å². The lowest BCUT2D eigenvalue weighted by Gasteiger charge is -2.22. The largest absolute Gasteiger partial charge is 0.470 e. The molecule has 3 heterocycles. The predicted molar refractivity (Wildman–Crippen MR) is 107 cm³/mol. The summed E-state index contributed by atoms with van der Waals surface area (Å²) in [6.45, 7) is -0.00806. The number of aryl methyl sites for hydroxylation is 1. The Hall–Kier alpha value is -2.68. The number of hydrogen-bond acceptors (Lipinski definition) is 7. The zero-order valence-corrected chi connectivity index (χ0v) is 16.4. The van der Waals surface area contributed by atoms with Gasteiger partial charge >= 0.3 is 0 Å². The Bertz CT molecular complexity index is 983. The molecule has 152 valence electrons. The Morgan fingerprint density at radius 2 is 2.10 bits per heavy atom. The summed E-state index contributed by atoms with van der Waals surface area (Å²) in [5.74, 6) is 0.288. The molecule has 0 spiro atoms. The van der Waals surface area contributed by atoms with Gasteiger partial charge in [0.05, 0.1) is 6.04 Å². The number of carbonyl (C=O) groups excluding carboxylic acids is 1. The van der Waals surface area contributed by atoms with Gasteiger partial charge in [0.2, 0.25) is 5.88 Å². The van der Waals surface area contributed by atoms with Crippen molar-refractivity contribution in [1.29, 1.82) is 0 Å². The van der Waals surface area contributed by atoms with Gasteiger partial charge in [-0.1, -0.05) is 41.7 Å². The van der Waals surface area contributed by atoms with E-state index in [-0.39, 0.29) is 17.7 Å². The maximum absolute atomic E-state index is 12.9. The van der Waals surface area contributed by atoms with Crippen molar-refractivity contribution in [2.45, 2.75) is 38.2 Å². The lowest BCUT2D eigenvalue weighted by molar-refractivity contribution is -0.120. The van der Waals surface area contributed by atoms with Crippen LogP contribution in [0.25, 0.3) is 10.3 Å². The molecule has 1 aromatic carbocycles. The van der Waals surface area contributed by atoms with E-state index in [1.807, 2.05) is 35.2 Å². The van der Waals surface area contributed by atoms with Gasteiger partial charge in [-0.3, -0.25) is 4.79 Å². The number of ketones is 1. The molecule has 1 fully saturated rings. The van der Waals surface area contributed by atoms with Crippen LogP contribution in [-0.4, -0.2) is 46.4 Å². The molecule has 0 saturated carbocycles. The highest BCUT2D eigenvalue weighted by molar-refractivity contribution is 7.22. The minimum atomic E-state index is -2.59. The first-order valence-electron chi connectivity index (χ1n) is 9.47. The van der Waals surface area contributed by atoms with Crippen LogP contribution in [0.4, 0.5) is 13.9 Å². The summed E-state index contributed by atoms with van der Waals surface area (Å²) in [4.78, 5) is 27.4. The van der Waals surface area contributed by atoms with Gasteiger partial charge in [-0.15, -0.1) is 0 Å². The molecule has 1 aliphatic rings.